The van der Waals surface area contributed by atoms with Crippen molar-refractivity contribution in [3.8, 4) is 5.75 Å². The van der Waals surface area contributed by atoms with Crippen molar-refractivity contribution < 1.29 is 14.3 Å². The van der Waals surface area contributed by atoms with Gasteiger partial charge in [-0.3, -0.25) is 19.7 Å². The molecule has 0 saturated heterocycles. The Morgan fingerprint density at radius 2 is 2.04 bits per heavy atom. The fraction of sp³-hybridized carbons (Fsp3) is 0.238. The van der Waals surface area contributed by atoms with Crippen molar-refractivity contribution in [2.45, 2.75) is 25.8 Å². The van der Waals surface area contributed by atoms with Crippen molar-refractivity contribution in [2.24, 2.45) is 0 Å². The molecule has 0 spiro atoms. The van der Waals surface area contributed by atoms with Gasteiger partial charge >= 0.3 is 0 Å². The Labute approximate surface area is 161 Å². The maximum Gasteiger partial charge on any atom is 0.255 e. The lowest BCUT2D eigenvalue weighted by atomic mass is 10.1. The molecule has 3 aromatic rings. The highest BCUT2D eigenvalue weighted by Crippen LogP contribution is 2.33. The number of ether oxygens (including phenoxy) is 1. The van der Waals surface area contributed by atoms with Crippen molar-refractivity contribution in [3.63, 3.8) is 0 Å². The monoisotopic (exact) mass is 376 g/mol. The predicted molar refractivity (Wildman–Crippen MR) is 106 cm³/mol. The molecule has 2 N–H and O–H groups in total. The Hall–Kier alpha value is -3.48. The first kappa shape index (κ1) is 17.9. The van der Waals surface area contributed by atoms with Crippen molar-refractivity contribution >= 4 is 34.7 Å². The van der Waals surface area contributed by atoms with Crippen LogP contribution in [-0.4, -0.2) is 40.0 Å². The van der Waals surface area contributed by atoms with E-state index in [2.05, 4.69) is 20.5 Å². The minimum atomic E-state index is -0.138. The molecule has 0 radical (unpaired) electrons. The van der Waals surface area contributed by atoms with Gasteiger partial charge in [-0.2, -0.15) is 5.10 Å². The van der Waals surface area contributed by atoms with Gasteiger partial charge in [0.05, 0.1) is 29.3 Å². The van der Waals surface area contributed by atoms with Crippen LogP contribution in [0.1, 0.15) is 51.9 Å². The van der Waals surface area contributed by atoms with Crippen LogP contribution in [-0.2, 0) is 0 Å². The number of nitrogens with one attached hydrogen (secondary N) is 2. The zero-order valence-electron chi connectivity index (χ0n) is 15.7. The van der Waals surface area contributed by atoms with E-state index in [-0.39, 0.29) is 17.7 Å². The third kappa shape index (κ3) is 3.51. The fourth-order valence-corrected chi connectivity index (χ4v) is 3.00. The second kappa shape index (κ2) is 7.26. The standard InChI is InChI=1S/C21H20N4O3/c1-12(26)16-8-3-13(11-22-16)4-9-17-19-18(25-24-17)10-7-15(20(19)28-2)21(27)23-14-5-6-14/h3-4,7-11,14H,5-6H2,1-2H3,(H,23,27)(H,24,25)/b9-4+. The number of amides is 1. The molecule has 0 atom stereocenters. The van der Waals surface area contributed by atoms with E-state index in [9.17, 15) is 9.59 Å². The topological polar surface area (TPSA) is 97.0 Å². The van der Waals surface area contributed by atoms with Gasteiger partial charge in [-0.1, -0.05) is 12.1 Å². The summed E-state index contributed by atoms with van der Waals surface area (Å²) in [6.45, 7) is 1.48. The van der Waals surface area contributed by atoms with Gasteiger partial charge in [0.15, 0.2) is 5.78 Å². The molecule has 1 aliphatic carbocycles. The van der Waals surface area contributed by atoms with Gasteiger partial charge in [-0.05, 0) is 42.7 Å². The Bertz CT molecular complexity index is 1080. The van der Waals surface area contributed by atoms with Crippen molar-refractivity contribution in [3.05, 3.63) is 53.0 Å². The number of aromatic amines is 1. The van der Waals surface area contributed by atoms with Gasteiger partial charge in [0.25, 0.3) is 5.91 Å². The van der Waals surface area contributed by atoms with Crippen molar-refractivity contribution in [1.29, 1.82) is 0 Å². The van der Waals surface area contributed by atoms with Gasteiger partial charge < -0.3 is 10.1 Å². The van der Waals surface area contributed by atoms with E-state index in [4.69, 9.17) is 4.74 Å². The van der Waals surface area contributed by atoms with Crippen LogP contribution in [0.4, 0.5) is 0 Å². The molecule has 0 aliphatic heterocycles. The number of carbonyl (C=O) groups is 2. The van der Waals surface area contributed by atoms with Gasteiger partial charge in [0.1, 0.15) is 11.4 Å². The van der Waals surface area contributed by atoms with E-state index in [0.717, 1.165) is 29.3 Å². The molecule has 2 heterocycles. The van der Waals surface area contributed by atoms with Crippen LogP contribution in [0.3, 0.4) is 0 Å². The first-order valence-electron chi connectivity index (χ1n) is 9.08. The first-order valence-corrected chi connectivity index (χ1v) is 9.08. The molecule has 0 unspecified atom stereocenters. The van der Waals surface area contributed by atoms with Gasteiger partial charge in [-0.15, -0.1) is 0 Å². The van der Waals surface area contributed by atoms with E-state index in [0.29, 0.717) is 22.7 Å². The number of aromatic nitrogens is 3. The molecule has 7 nitrogen and oxygen atoms in total. The van der Waals surface area contributed by atoms with Gasteiger partial charge in [0.2, 0.25) is 0 Å². The summed E-state index contributed by atoms with van der Waals surface area (Å²) in [6.07, 6.45) is 7.35. The average Bonchev–Trinajstić information content (AvgIpc) is 3.42. The number of carbonyl (C=O) groups excluding carboxylic acids is 2. The van der Waals surface area contributed by atoms with E-state index >= 15 is 0 Å². The average molecular weight is 376 g/mol. The number of rotatable bonds is 6. The third-order valence-corrected chi connectivity index (χ3v) is 4.65. The summed E-state index contributed by atoms with van der Waals surface area (Å²) in [4.78, 5) is 28.0. The number of ketones is 1. The first-order chi connectivity index (χ1) is 13.6. The lowest BCUT2D eigenvalue weighted by Gasteiger charge is -2.10. The Balaban J connectivity index is 1.68. The summed E-state index contributed by atoms with van der Waals surface area (Å²) in [7, 11) is 1.55. The number of benzene rings is 1. The van der Waals surface area contributed by atoms with Crippen molar-refractivity contribution in [1.82, 2.24) is 20.5 Å². The molecule has 0 bridgehead atoms. The molecule has 4 rings (SSSR count). The number of Topliss-reactive ketones (excluding diaryl/α,β-unsaturated/α-hetero) is 1. The number of fused-ring (bicyclic) bond motifs is 1. The molecule has 1 aliphatic rings. The molecule has 1 fully saturated rings. The lowest BCUT2D eigenvalue weighted by molar-refractivity contribution is 0.0947. The van der Waals surface area contributed by atoms with Crippen LogP contribution >= 0.6 is 0 Å². The third-order valence-electron chi connectivity index (χ3n) is 4.65. The second-order valence-electron chi connectivity index (χ2n) is 6.79. The number of H-pyrrole nitrogens is 1. The SMILES string of the molecule is COc1c(C(=O)NC2CC2)ccc2[nH]nc(/C=C/c3ccc(C(C)=O)nc3)c12. The largest absolute Gasteiger partial charge is 0.495 e. The summed E-state index contributed by atoms with van der Waals surface area (Å²) >= 11 is 0. The lowest BCUT2D eigenvalue weighted by Crippen LogP contribution is -2.25. The Morgan fingerprint density at radius 3 is 2.68 bits per heavy atom. The molecule has 2 aromatic heterocycles. The van der Waals surface area contributed by atoms with E-state index in [1.54, 1.807) is 25.4 Å². The summed E-state index contributed by atoms with van der Waals surface area (Å²) in [5.74, 6) is 0.283. The maximum absolute atomic E-state index is 12.5. The zero-order valence-corrected chi connectivity index (χ0v) is 15.7. The van der Waals surface area contributed by atoms with Crippen LogP contribution in [0.15, 0.2) is 30.5 Å². The predicted octanol–water partition coefficient (Wildman–Crippen LogP) is 3.23. The minimum absolute atomic E-state index is 0.0736. The van der Waals surface area contributed by atoms with Crippen LogP contribution in [0.2, 0.25) is 0 Å². The number of hydrogen-bond acceptors (Lipinski definition) is 5. The molecule has 1 amide bonds. The highest BCUT2D eigenvalue weighted by Gasteiger charge is 2.26. The molecule has 28 heavy (non-hydrogen) atoms. The van der Waals surface area contributed by atoms with Crippen LogP contribution in [0, 0.1) is 0 Å². The summed E-state index contributed by atoms with van der Waals surface area (Å²) in [5, 5.41) is 11.0. The van der Waals surface area contributed by atoms with E-state index < -0.39 is 0 Å². The summed E-state index contributed by atoms with van der Waals surface area (Å²) in [5.41, 5.74) is 3.19. The number of methoxy groups -OCH3 is 1. The smallest absolute Gasteiger partial charge is 0.255 e. The van der Waals surface area contributed by atoms with Gasteiger partial charge in [-0.25, -0.2) is 0 Å². The second-order valence-corrected chi connectivity index (χ2v) is 6.79. The number of hydrogen-bond donors (Lipinski definition) is 2. The van der Waals surface area contributed by atoms with Gasteiger partial charge in [0, 0.05) is 19.2 Å². The normalized spacial score (nSPS) is 13.8. The highest BCUT2D eigenvalue weighted by atomic mass is 16.5. The maximum atomic E-state index is 12.5. The number of pyridine rings is 1. The fourth-order valence-electron chi connectivity index (χ4n) is 3.00. The van der Waals surface area contributed by atoms with Crippen LogP contribution in [0.5, 0.6) is 5.75 Å². The van der Waals surface area contributed by atoms with E-state index in [1.165, 1.54) is 6.92 Å². The molecule has 142 valence electrons. The Morgan fingerprint density at radius 1 is 1.21 bits per heavy atom. The van der Waals surface area contributed by atoms with Crippen LogP contribution in [0.25, 0.3) is 23.1 Å². The minimum Gasteiger partial charge on any atom is -0.495 e. The zero-order chi connectivity index (χ0) is 19.7. The Kier molecular flexibility index (Phi) is 4.65. The molecule has 7 heteroatoms. The van der Waals surface area contributed by atoms with Crippen LogP contribution < -0.4 is 10.1 Å². The number of nitrogens with zero attached hydrogens (tertiary/aromatic N) is 2. The van der Waals surface area contributed by atoms with Crippen molar-refractivity contribution in [2.75, 3.05) is 7.11 Å². The molecule has 1 aromatic carbocycles. The van der Waals surface area contributed by atoms with E-state index in [1.807, 2.05) is 24.3 Å². The summed E-state index contributed by atoms with van der Waals surface area (Å²) in [6, 6.07) is 7.34. The molecular formula is C21H20N4O3. The highest BCUT2D eigenvalue weighted by molar-refractivity contribution is 6.05. The quantitative estimate of drug-likeness (QED) is 0.644. The molecular weight excluding hydrogens is 356 g/mol. The summed E-state index contributed by atoms with van der Waals surface area (Å²) < 4.78 is 5.57. The molecule has 1 saturated carbocycles.